The first-order valence-electron chi connectivity index (χ1n) is 11.4. The van der Waals surface area contributed by atoms with E-state index >= 15 is 0 Å². The summed E-state index contributed by atoms with van der Waals surface area (Å²) in [5.41, 5.74) is 3.10. The predicted octanol–water partition coefficient (Wildman–Crippen LogP) is 5.10. The molecular weight excluding hydrogens is 464 g/mol. The maximum absolute atomic E-state index is 14.8. The van der Waals surface area contributed by atoms with Crippen LogP contribution in [0.2, 0.25) is 0 Å². The van der Waals surface area contributed by atoms with Crippen molar-refractivity contribution in [1.29, 1.82) is 0 Å². The lowest BCUT2D eigenvalue weighted by molar-refractivity contribution is 0.0795. The van der Waals surface area contributed by atoms with Gasteiger partial charge in [0.05, 0.1) is 5.60 Å². The molecule has 0 spiro atoms. The van der Waals surface area contributed by atoms with Gasteiger partial charge < -0.3 is 19.4 Å². The Bertz CT molecular complexity index is 1550. The average molecular weight is 490 g/mol. The van der Waals surface area contributed by atoms with Gasteiger partial charge in [-0.25, -0.2) is 13.8 Å². The Hall–Kier alpha value is -3.95. The van der Waals surface area contributed by atoms with Crippen LogP contribution in [-0.2, 0) is 13.6 Å². The van der Waals surface area contributed by atoms with Crippen molar-refractivity contribution in [3.63, 3.8) is 0 Å². The van der Waals surface area contributed by atoms with Crippen LogP contribution in [0.5, 0.6) is 0 Å². The van der Waals surface area contributed by atoms with E-state index in [1.54, 1.807) is 43.9 Å². The Labute approximate surface area is 206 Å². The molecule has 3 aromatic carbocycles. The topological polar surface area (TPSA) is 89.0 Å². The van der Waals surface area contributed by atoms with Gasteiger partial charge in [0.2, 0.25) is 5.89 Å². The van der Waals surface area contributed by atoms with Crippen LogP contribution in [0.3, 0.4) is 0 Å². The molecule has 0 aliphatic rings. The van der Waals surface area contributed by atoms with Crippen molar-refractivity contribution < 1.29 is 18.3 Å². The Morgan fingerprint density at radius 1 is 1.03 bits per heavy atom. The van der Waals surface area contributed by atoms with Crippen LogP contribution in [-0.4, -0.2) is 37.0 Å². The molecule has 9 heteroatoms. The van der Waals surface area contributed by atoms with Crippen LogP contribution in [0.1, 0.15) is 19.4 Å². The number of oxazole rings is 1. The second kappa shape index (κ2) is 9.25. The number of aliphatic hydroxyl groups is 1. The third-order valence-electron chi connectivity index (χ3n) is 5.75. The molecule has 184 valence electrons. The van der Waals surface area contributed by atoms with E-state index in [2.05, 4.69) is 20.5 Å². The molecule has 0 aliphatic carbocycles. The zero-order chi connectivity index (χ0) is 25.4. The summed E-state index contributed by atoms with van der Waals surface area (Å²) in [5.74, 6) is -0.0834. The van der Waals surface area contributed by atoms with Gasteiger partial charge in [0, 0.05) is 31.3 Å². The van der Waals surface area contributed by atoms with E-state index in [1.165, 1.54) is 18.2 Å². The summed E-state index contributed by atoms with van der Waals surface area (Å²) in [7, 11) is 1.79. The number of nitrogens with zero attached hydrogens (tertiary/aromatic N) is 4. The van der Waals surface area contributed by atoms with E-state index < -0.39 is 11.4 Å². The van der Waals surface area contributed by atoms with Crippen molar-refractivity contribution in [2.24, 2.45) is 7.05 Å². The summed E-state index contributed by atoms with van der Waals surface area (Å²) in [6.45, 7) is 4.14. The fraction of sp³-hybridized carbons (Fsp3) is 0.222. The number of benzene rings is 3. The Balaban J connectivity index is 1.50. The molecular formula is C27H25F2N5O2. The molecule has 0 amide bonds. The van der Waals surface area contributed by atoms with Crippen molar-refractivity contribution in [1.82, 2.24) is 25.1 Å². The van der Waals surface area contributed by atoms with Gasteiger partial charge in [0.25, 0.3) is 0 Å². The number of aromatic nitrogens is 4. The van der Waals surface area contributed by atoms with E-state index in [0.717, 1.165) is 11.1 Å². The summed E-state index contributed by atoms with van der Waals surface area (Å²) in [4.78, 5) is 4.53. The van der Waals surface area contributed by atoms with Gasteiger partial charge in [0.1, 0.15) is 17.7 Å². The highest BCUT2D eigenvalue weighted by Crippen LogP contribution is 2.34. The number of aryl methyl sites for hydroxylation is 1. The highest BCUT2D eigenvalue weighted by atomic mass is 19.1. The van der Waals surface area contributed by atoms with Crippen LogP contribution >= 0.6 is 0 Å². The minimum atomic E-state index is -0.869. The fourth-order valence-corrected chi connectivity index (χ4v) is 4.08. The lowest BCUT2D eigenvalue weighted by Gasteiger charge is -2.17. The van der Waals surface area contributed by atoms with Gasteiger partial charge in [-0.1, -0.05) is 18.2 Å². The maximum atomic E-state index is 14.8. The van der Waals surface area contributed by atoms with E-state index in [0.29, 0.717) is 41.1 Å². The smallest absolute Gasteiger partial charge is 0.227 e. The molecule has 0 unspecified atom stereocenters. The van der Waals surface area contributed by atoms with Crippen molar-refractivity contribution in [3.05, 3.63) is 78.1 Å². The zero-order valence-corrected chi connectivity index (χ0v) is 20.1. The quantitative estimate of drug-likeness (QED) is 0.331. The molecule has 0 saturated heterocycles. The molecule has 0 aliphatic heterocycles. The number of nitrogens with one attached hydrogen (secondary N) is 1. The second-order valence-corrected chi connectivity index (χ2v) is 9.40. The summed E-state index contributed by atoms with van der Waals surface area (Å²) in [5, 5.41) is 21.0. The van der Waals surface area contributed by atoms with Crippen LogP contribution < -0.4 is 5.32 Å². The van der Waals surface area contributed by atoms with Crippen LogP contribution in [0.15, 0.2) is 65.3 Å². The summed E-state index contributed by atoms with van der Waals surface area (Å²) in [6, 6.07) is 15.1. The molecule has 2 N–H and O–H groups in total. The molecule has 7 nitrogen and oxygen atoms in total. The van der Waals surface area contributed by atoms with Crippen molar-refractivity contribution in [2.45, 2.75) is 26.0 Å². The molecule has 5 rings (SSSR count). The number of hydrogen-bond donors (Lipinski definition) is 2. The van der Waals surface area contributed by atoms with Crippen LogP contribution in [0.4, 0.5) is 8.78 Å². The largest absolute Gasteiger partial charge is 0.433 e. The molecule has 0 radical (unpaired) electrons. The van der Waals surface area contributed by atoms with Crippen LogP contribution in [0.25, 0.3) is 45.1 Å². The minimum Gasteiger partial charge on any atom is -0.433 e. The van der Waals surface area contributed by atoms with Gasteiger partial charge in [-0.15, -0.1) is 10.2 Å². The van der Waals surface area contributed by atoms with Crippen molar-refractivity contribution in [2.75, 3.05) is 6.54 Å². The molecule has 2 heterocycles. The van der Waals surface area contributed by atoms with E-state index in [4.69, 9.17) is 4.42 Å². The van der Waals surface area contributed by atoms with Gasteiger partial charge in [-0.2, -0.15) is 0 Å². The number of halogens is 2. The highest BCUT2D eigenvalue weighted by Gasteiger charge is 2.17. The SMILES string of the molecule is Cn1cnnc1-c1cc(F)ccc1-c1cccc(-c2nc3cc(CNCC(C)(C)O)cc(F)c3o2)c1. The standard InChI is InChI=1S/C27H25F2N5O2/c1-27(2,35)14-30-13-16-9-22(29)24-23(10-16)32-26(36-24)18-6-4-5-17(11-18)20-8-7-19(28)12-21(20)25-33-31-15-34(25)3/h4-12,15,30,35H,13-14H2,1-3H3. The maximum Gasteiger partial charge on any atom is 0.227 e. The third-order valence-corrected chi connectivity index (χ3v) is 5.75. The van der Waals surface area contributed by atoms with Gasteiger partial charge in [-0.05, 0) is 66.9 Å². The molecule has 0 fully saturated rings. The molecule has 2 aromatic heterocycles. The summed E-state index contributed by atoms with van der Waals surface area (Å²) in [6.07, 6.45) is 1.56. The van der Waals surface area contributed by atoms with E-state index in [1.807, 2.05) is 24.3 Å². The first-order valence-corrected chi connectivity index (χ1v) is 11.4. The lowest BCUT2D eigenvalue weighted by atomic mass is 9.97. The first kappa shape index (κ1) is 23.8. The molecule has 0 bridgehead atoms. The van der Waals surface area contributed by atoms with Crippen LogP contribution in [0, 0.1) is 11.6 Å². The molecule has 0 atom stereocenters. The summed E-state index contributed by atoms with van der Waals surface area (Å²) >= 11 is 0. The molecule has 36 heavy (non-hydrogen) atoms. The Morgan fingerprint density at radius 2 is 1.83 bits per heavy atom. The number of hydrogen-bond acceptors (Lipinski definition) is 6. The normalized spacial score (nSPS) is 11.9. The van der Waals surface area contributed by atoms with Crippen molar-refractivity contribution >= 4 is 11.1 Å². The van der Waals surface area contributed by atoms with E-state index in [-0.39, 0.29) is 17.3 Å². The average Bonchev–Trinajstić information content (AvgIpc) is 3.45. The third kappa shape index (κ3) is 4.89. The van der Waals surface area contributed by atoms with Gasteiger partial charge >= 0.3 is 0 Å². The number of fused-ring (bicyclic) bond motifs is 1. The van der Waals surface area contributed by atoms with Gasteiger partial charge in [-0.3, -0.25) is 0 Å². The van der Waals surface area contributed by atoms with Gasteiger partial charge in [0.15, 0.2) is 17.2 Å². The Morgan fingerprint density at radius 3 is 2.58 bits per heavy atom. The first-order chi connectivity index (χ1) is 17.2. The summed E-state index contributed by atoms with van der Waals surface area (Å²) < 4.78 is 36.4. The van der Waals surface area contributed by atoms with E-state index in [9.17, 15) is 13.9 Å². The predicted molar refractivity (Wildman–Crippen MR) is 133 cm³/mol. The number of rotatable bonds is 7. The molecule has 5 aromatic rings. The lowest BCUT2D eigenvalue weighted by Crippen LogP contribution is -2.34. The van der Waals surface area contributed by atoms with Crippen molar-refractivity contribution in [3.8, 4) is 34.0 Å². The molecule has 0 saturated carbocycles. The highest BCUT2D eigenvalue weighted by molar-refractivity contribution is 5.83. The Kier molecular flexibility index (Phi) is 6.11. The second-order valence-electron chi connectivity index (χ2n) is 9.40. The fourth-order valence-electron chi connectivity index (χ4n) is 4.08. The zero-order valence-electron chi connectivity index (χ0n) is 20.1. The minimum absolute atomic E-state index is 0.0724. The monoisotopic (exact) mass is 489 g/mol.